The van der Waals surface area contributed by atoms with E-state index in [-0.39, 0.29) is 17.9 Å². The molecule has 220 valence electrons. The van der Waals surface area contributed by atoms with Crippen LogP contribution < -0.4 is 20.7 Å². The Balaban J connectivity index is 1.22. The summed E-state index contributed by atoms with van der Waals surface area (Å²) < 4.78 is 39.7. The number of imide groups is 1. The molecule has 0 aliphatic rings. The second-order valence-electron chi connectivity index (χ2n) is 9.41. The summed E-state index contributed by atoms with van der Waals surface area (Å²) in [5.74, 6) is -1.37. The van der Waals surface area contributed by atoms with Gasteiger partial charge >= 0.3 is 6.03 Å². The van der Waals surface area contributed by atoms with Gasteiger partial charge in [0.05, 0.1) is 33.8 Å². The van der Waals surface area contributed by atoms with E-state index < -0.39 is 23.6 Å². The molecular formula is C31H27F2N5O4S. The van der Waals surface area contributed by atoms with Crippen LogP contribution in [-0.4, -0.2) is 42.2 Å². The van der Waals surface area contributed by atoms with Crippen molar-refractivity contribution >= 4 is 39.2 Å². The summed E-state index contributed by atoms with van der Waals surface area (Å²) in [7, 11) is 1.66. The first-order valence-electron chi connectivity index (χ1n) is 13.2. The average Bonchev–Trinajstić information content (AvgIpc) is 3.44. The second-order valence-corrected chi connectivity index (χ2v) is 10.5. The third kappa shape index (κ3) is 7.95. The molecule has 0 atom stereocenters. The van der Waals surface area contributed by atoms with Crippen molar-refractivity contribution in [2.75, 3.05) is 25.6 Å². The number of hydrogen-bond donors (Lipinski definition) is 3. The van der Waals surface area contributed by atoms with Crippen molar-refractivity contribution in [1.29, 1.82) is 0 Å². The molecule has 5 rings (SSSR count). The number of halogens is 2. The van der Waals surface area contributed by atoms with E-state index in [1.807, 2.05) is 24.4 Å². The van der Waals surface area contributed by atoms with Crippen LogP contribution in [0.25, 0.3) is 20.8 Å². The summed E-state index contributed by atoms with van der Waals surface area (Å²) in [5.41, 5.74) is 3.18. The maximum atomic E-state index is 15.0. The number of benzene rings is 2. The first-order chi connectivity index (χ1) is 20.9. The van der Waals surface area contributed by atoms with Gasteiger partial charge in [-0.05, 0) is 47.5 Å². The molecule has 0 saturated heterocycles. The van der Waals surface area contributed by atoms with Crippen LogP contribution in [0.15, 0.2) is 79.1 Å². The lowest BCUT2D eigenvalue weighted by Gasteiger charge is -2.10. The van der Waals surface area contributed by atoms with Crippen LogP contribution in [-0.2, 0) is 22.5 Å². The molecule has 3 heterocycles. The lowest BCUT2D eigenvalue weighted by atomic mass is 10.1. The van der Waals surface area contributed by atoms with E-state index in [0.29, 0.717) is 30.0 Å². The van der Waals surface area contributed by atoms with Crippen LogP contribution in [0.2, 0.25) is 0 Å². The number of amides is 3. The zero-order valence-corrected chi connectivity index (χ0v) is 23.8. The smallest absolute Gasteiger partial charge is 0.325 e. The van der Waals surface area contributed by atoms with Gasteiger partial charge in [0.25, 0.3) is 0 Å². The van der Waals surface area contributed by atoms with Crippen molar-refractivity contribution in [2.24, 2.45) is 0 Å². The van der Waals surface area contributed by atoms with Gasteiger partial charge in [0.2, 0.25) is 5.91 Å². The van der Waals surface area contributed by atoms with Crippen LogP contribution in [0.4, 0.5) is 19.3 Å². The Bertz CT molecular complexity index is 1730. The van der Waals surface area contributed by atoms with Crippen molar-refractivity contribution in [3.8, 4) is 22.1 Å². The van der Waals surface area contributed by atoms with Crippen molar-refractivity contribution < 1.29 is 27.8 Å². The number of urea groups is 1. The van der Waals surface area contributed by atoms with Crippen LogP contribution in [0, 0.1) is 11.6 Å². The molecular weight excluding hydrogens is 576 g/mol. The minimum absolute atomic E-state index is 0.0516. The largest absolute Gasteiger partial charge is 0.453 e. The van der Waals surface area contributed by atoms with E-state index in [0.717, 1.165) is 33.4 Å². The van der Waals surface area contributed by atoms with Gasteiger partial charge in [-0.1, -0.05) is 18.2 Å². The highest BCUT2D eigenvalue weighted by Gasteiger charge is 2.15. The fourth-order valence-corrected chi connectivity index (χ4v) is 5.15. The number of aromatic nitrogens is 2. The Morgan fingerprint density at radius 1 is 0.930 bits per heavy atom. The van der Waals surface area contributed by atoms with E-state index >= 15 is 0 Å². The van der Waals surface area contributed by atoms with Gasteiger partial charge in [0, 0.05) is 50.4 Å². The Kier molecular flexibility index (Phi) is 9.62. The lowest BCUT2D eigenvalue weighted by molar-refractivity contribution is -0.119. The number of rotatable bonds is 11. The molecule has 0 bridgehead atoms. The predicted molar refractivity (Wildman–Crippen MR) is 160 cm³/mol. The number of thiophene rings is 1. The summed E-state index contributed by atoms with van der Waals surface area (Å²) in [6.07, 6.45) is 3.28. The fraction of sp³-hybridized carbons (Fsp3) is 0.161. The number of fused-ring (bicyclic) bond motifs is 1. The molecule has 5 aromatic rings. The van der Waals surface area contributed by atoms with Gasteiger partial charge in [-0.15, -0.1) is 11.3 Å². The molecule has 0 saturated carbocycles. The molecule has 0 spiro atoms. The SMILES string of the molecule is COCCNCc1ccc(-c2cc3nccc(Oc4ccc(NC(=O)NC(=O)Cc5ccc(F)cc5)cc4F)c3s2)nc1. The van der Waals surface area contributed by atoms with Gasteiger partial charge in [-0.2, -0.15) is 0 Å². The second kappa shape index (κ2) is 13.9. The lowest BCUT2D eigenvalue weighted by Crippen LogP contribution is -2.35. The van der Waals surface area contributed by atoms with Crippen molar-refractivity contribution in [3.05, 3.63) is 102 Å². The molecule has 0 radical (unpaired) electrons. The first kappa shape index (κ1) is 29.7. The van der Waals surface area contributed by atoms with Crippen molar-refractivity contribution in [1.82, 2.24) is 20.6 Å². The molecule has 3 aromatic heterocycles. The topological polar surface area (TPSA) is 114 Å². The minimum atomic E-state index is -0.828. The first-order valence-corrected chi connectivity index (χ1v) is 14.1. The highest BCUT2D eigenvalue weighted by Crippen LogP contribution is 2.39. The van der Waals surface area contributed by atoms with Gasteiger partial charge in [0.1, 0.15) is 11.6 Å². The molecule has 43 heavy (non-hydrogen) atoms. The molecule has 3 amide bonds. The summed E-state index contributed by atoms with van der Waals surface area (Å²) in [5, 5.41) is 7.87. The van der Waals surface area contributed by atoms with Gasteiger partial charge in [0.15, 0.2) is 11.6 Å². The highest BCUT2D eigenvalue weighted by atomic mass is 32.1. The van der Waals surface area contributed by atoms with Crippen LogP contribution in [0.1, 0.15) is 11.1 Å². The normalized spacial score (nSPS) is 11.0. The zero-order chi connectivity index (χ0) is 30.2. The Hall–Kier alpha value is -4.78. The van der Waals surface area contributed by atoms with Gasteiger partial charge < -0.3 is 20.1 Å². The maximum absolute atomic E-state index is 15.0. The van der Waals surface area contributed by atoms with Crippen molar-refractivity contribution in [3.63, 3.8) is 0 Å². The number of hydrogen-bond acceptors (Lipinski definition) is 8. The third-order valence-corrected chi connectivity index (χ3v) is 7.37. The van der Waals surface area contributed by atoms with E-state index in [9.17, 15) is 18.4 Å². The zero-order valence-electron chi connectivity index (χ0n) is 23.0. The summed E-state index contributed by atoms with van der Waals surface area (Å²) in [6, 6.07) is 16.0. The molecule has 9 nitrogen and oxygen atoms in total. The molecule has 0 fully saturated rings. The standard InChI is InChI=1S/C31H27F2N5O4S/c1-41-13-12-34-17-20-4-8-24(36-18-20)28-16-25-30(43-28)27(10-11-35-25)42-26-9-7-22(15-23(26)33)37-31(40)38-29(39)14-19-2-5-21(32)6-3-19/h2-11,15-16,18,34H,12-14,17H2,1H3,(H2,37,38,39,40). The Morgan fingerprint density at radius 3 is 2.49 bits per heavy atom. The summed E-state index contributed by atoms with van der Waals surface area (Å²) >= 11 is 1.43. The quantitative estimate of drug-likeness (QED) is 0.157. The highest BCUT2D eigenvalue weighted by molar-refractivity contribution is 7.22. The number of methoxy groups -OCH3 is 1. The molecule has 3 N–H and O–H groups in total. The predicted octanol–water partition coefficient (Wildman–Crippen LogP) is 6.06. The van der Waals surface area contributed by atoms with Crippen LogP contribution >= 0.6 is 11.3 Å². The van der Waals surface area contributed by atoms with E-state index in [1.54, 1.807) is 19.4 Å². The molecule has 12 heteroatoms. The Morgan fingerprint density at radius 2 is 1.74 bits per heavy atom. The number of carbonyl (C=O) groups excluding carboxylic acids is 2. The number of carbonyl (C=O) groups is 2. The summed E-state index contributed by atoms with van der Waals surface area (Å²) in [4.78, 5) is 34.2. The number of anilines is 1. The molecule has 0 aliphatic carbocycles. The fourth-order valence-electron chi connectivity index (χ4n) is 4.10. The number of nitrogens with one attached hydrogen (secondary N) is 3. The number of ether oxygens (including phenoxy) is 2. The van der Waals surface area contributed by atoms with E-state index in [1.165, 1.54) is 47.7 Å². The maximum Gasteiger partial charge on any atom is 0.325 e. The van der Waals surface area contributed by atoms with E-state index in [4.69, 9.17) is 9.47 Å². The van der Waals surface area contributed by atoms with Crippen LogP contribution in [0.3, 0.4) is 0 Å². The number of pyridine rings is 2. The molecule has 0 unspecified atom stereocenters. The van der Waals surface area contributed by atoms with Crippen LogP contribution in [0.5, 0.6) is 11.5 Å². The molecule has 0 aliphatic heterocycles. The monoisotopic (exact) mass is 603 g/mol. The van der Waals surface area contributed by atoms with E-state index in [2.05, 4.69) is 25.9 Å². The number of nitrogens with zero attached hydrogens (tertiary/aromatic N) is 2. The Labute approximate surface area is 249 Å². The molecule has 2 aromatic carbocycles. The average molecular weight is 604 g/mol. The van der Waals surface area contributed by atoms with Gasteiger partial charge in [-0.3, -0.25) is 20.1 Å². The van der Waals surface area contributed by atoms with Gasteiger partial charge in [-0.25, -0.2) is 13.6 Å². The minimum Gasteiger partial charge on any atom is -0.453 e. The third-order valence-electron chi connectivity index (χ3n) is 6.21. The summed E-state index contributed by atoms with van der Waals surface area (Å²) in [6.45, 7) is 2.07. The van der Waals surface area contributed by atoms with Crippen molar-refractivity contribution in [2.45, 2.75) is 13.0 Å².